The number of piperazine rings is 1. The maximum absolute atomic E-state index is 5.01. The summed E-state index contributed by atoms with van der Waals surface area (Å²) in [5.74, 6) is 0.750. The molecule has 1 saturated heterocycles. The molecule has 0 saturated carbocycles. The molecule has 1 aliphatic rings. The molecule has 0 bridgehead atoms. The minimum atomic E-state index is 0.750. The van der Waals surface area contributed by atoms with Crippen molar-refractivity contribution in [1.82, 2.24) is 35.0 Å². The van der Waals surface area contributed by atoms with E-state index < -0.39 is 0 Å². The molecule has 6 rings (SSSR count). The zero-order valence-corrected chi connectivity index (χ0v) is 19.6. The van der Waals surface area contributed by atoms with Crippen molar-refractivity contribution in [3.63, 3.8) is 0 Å². The number of benzene rings is 1. The van der Waals surface area contributed by atoms with E-state index in [9.17, 15) is 0 Å². The van der Waals surface area contributed by atoms with Gasteiger partial charge in [0.15, 0.2) is 5.82 Å². The number of fused-ring (bicyclic) bond motifs is 2. The number of nitrogens with one attached hydrogen (secondary N) is 2. The van der Waals surface area contributed by atoms with Crippen LogP contribution in [0.3, 0.4) is 0 Å². The third-order valence-corrected chi connectivity index (χ3v) is 6.54. The maximum atomic E-state index is 5.01. The molecule has 1 aliphatic heterocycles. The zero-order chi connectivity index (χ0) is 23.2. The monoisotopic (exact) mass is 453 g/mol. The SMILES string of the molecule is CN1CCN(c2cccc3[nH]c(-c4n[nH]c5cnc(-c6cncc(N(C)C)c6)cc45)nc23)CC1. The molecule has 5 heterocycles. The van der Waals surface area contributed by atoms with Gasteiger partial charge in [0.1, 0.15) is 11.2 Å². The van der Waals surface area contributed by atoms with Gasteiger partial charge in [-0.25, -0.2) is 4.98 Å². The molecule has 0 atom stereocenters. The van der Waals surface area contributed by atoms with E-state index in [1.165, 1.54) is 5.69 Å². The van der Waals surface area contributed by atoms with Gasteiger partial charge < -0.3 is 19.7 Å². The van der Waals surface area contributed by atoms with E-state index in [1.807, 2.05) is 37.6 Å². The van der Waals surface area contributed by atoms with Crippen molar-refractivity contribution >= 4 is 33.3 Å². The van der Waals surface area contributed by atoms with Crippen LogP contribution in [0.2, 0.25) is 0 Å². The van der Waals surface area contributed by atoms with Crippen LogP contribution in [-0.2, 0) is 0 Å². The van der Waals surface area contributed by atoms with Gasteiger partial charge >= 0.3 is 0 Å². The molecule has 0 aliphatic carbocycles. The van der Waals surface area contributed by atoms with Crippen LogP contribution in [0.15, 0.2) is 48.9 Å². The Labute approximate surface area is 197 Å². The standard InChI is InChI=1S/C25H27N9/c1-32(2)17-11-16(13-26-14-17)20-12-18-21(15-27-20)30-31-23(18)25-28-19-5-4-6-22(24(19)29-25)34-9-7-33(3)8-10-34/h4-6,11-15H,7-10H2,1-3H3,(H,28,29)(H,30,31). The van der Waals surface area contributed by atoms with E-state index >= 15 is 0 Å². The van der Waals surface area contributed by atoms with Gasteiger partial charge in [0.25, 0.3) is 0 Å². The van der Waals surface area contributed by atoms with Crippen molar-refractivity contribution in [2.45, 2.75) is 0 Å². The minimum absolute atomic E-state index is 0.750. The molecule has 172 valence electrons. The molecular formula is C25H27N9. The lowest BCUT2D eigenvalue weighted by Crippen LogP contribution is -2.44. The second-order valence-electron chi connectivity index (χ2n) is 9.06. The Morgan fingerprint density at radius 3 is 2.65 bits per heavy atom. The highest BCUT2D eigenvalue weighted by Crippen LogP contribution is 2.32. The summed E-state index contributed by atoms with van der Waals surface area (Å²) in [5, 5.41) is 8.67. The Balaban J connectivity index is 1.42. The summed E-state index contributed by atoms with van der Waals surface area (Å²) >= 11 is 0. The van der Waals surface area contributed by atoms with Crippen molar-refractivity contribution < 1.29 is 0 Å². The quantitative estimate of drug-likeness (QED) is 0.431. The molecule has 9 heteroatoms. The Morgan fingerprint density at radius 1 is 0.971 bits per heavy atom. The number of aromatic nitrogens is 6. The average Bonchev–Trinajstić information content (AvgIpc) is 3.48. The van der Waals surface area contributed by atoms with Gasteiger partial charge in [0.2, 0.25) is 0 Å². The fourth-order valence-corrected chi connectivity index (χ4v) is 4.50. The summed E-state index contributed by atoms with van der Waals surface area (Å²) in [4.78, 5) is 24.3. The topological polar surface area (TPSA) is 92.9 Å². The van der Waals surface area contributed by atoms with Crippen LogP contribution in [0.1, 0.15) is 0 Å². The summed E-state index contributed by atoms with van der Waals surface area (Å²) in [5.41, 5.74) is 7.66. The number of imidazole rings is 1. The number of hydrogen-bond donors (Lipinski definition) is 2. The lowest BCUT2D eigenvalue weighted by Gasteiger charge is -2.34. The molecule has 34 heavy (non-hydrogen) atoms. The lowest BCUT2D eigenvalue weighted by molar-refractivity contribution is 0.313. The maximum Gasteiger partial charge on any atom is 0.159 e. The average molecular weight is 454 g/mol. The number of rotatable bonds is 4. The number of nitrogens with zero attached hydrogens (tertiary/aromatic N) is 7. The van der Waals surface area contributed by atoms with Crippen molar-refractivity contribution in [2.24, 2.45) is 0 Å². The van der Waals surface area contributed by atoms with Gasteiger partial charge in [0, 0.05) is 57.4 Å². The number of anilines is 2. The second-order valence-corrected chi connectivity index (χ2v) is 9.06. The number of pyridine rings is 2. The number of hydrogen-bond acceptors (Lipinski definition) is 7. The van der Waals surface area contributed by atoms with Gasteiger partial charge in [-0.05, 0) is 31.3 Å². The zero-order valence-electron chi connectivity index (χ0n) is 19.6. The molecular weight excluding hydrogens is 426 g/mol. The van der Waals surface area contributed by atoms with E-state index in [0.717, 1.165) is 76.6 Å². The number of likely N-dealkylation sites (N-methyl/N-ethyl adjacent to an activating group) is 1. The van der Waals surface area contributed by atoms with Crippen molar-refractivity contribution in [3.05, 3.63) is 48.9 Å². The first-order valence-electron chi connectivity index (χ1n) is 11.5. The summed E-state index contributed by atoms with van der Waals surface area (Å²) in [7, 11) is 6.18. The van der Waals surface area contributed by atoms with Gasteiger partial charge in [-0.2, -0.15) is 5.10 Å². The Morgan fingerprint density at radius 2 is 1.82 bits per heavy atom. The van der Waals surface area contributed by atoms with Crippen LogP contribution in [0.25, 0.3) is 44.7 Å². The first kappa shape index (κ1) is 20.6. The van der Waals surface area contributed by atoms with Crippen molar-refractivity contribution in [3.8, 4) is 22.8 Å². The molecule has 4 aromatic heterocycles. The van der Waals surface area contributed by atoms with Crippen molar-refractivity contribution in [1.29, 1.82) is 0 Å². The van der Waals surface area contributed by atoms with Crippen LogP contribution in [0, 0.1) is 0 Å². The first-order chi connectivity index (χ1) is 16.6. The largest absolute Gasteiger partial charge is 0.376 e. The lowest BCUT2D eigenvalue weighted by atomic mass is 10.1. The normalized spacial score (nSPS) is 14.9. The molecule has 0 radical (unpaired) electrons. The van der Waals surface area contributed by atoms with Crippen molar-refractivity contribution in [2.75, 3.05) is 57.1 Å². The highest BCUT2D eigenvalue weighted by molar-refractivity contribution is 5.96. The first-order valence-corrected chi connectivity index (χ1v) is 11.5. The minimum Gasteiger partial charge on any atom is -0.376 e. The van der Waals surface area contributed by atoms with Gasteiger partial charge in [0.05, 0.1) is 40.5 Å². The predicted octanol–water partition coefficient (Wildman–Crippen LogP) is 3.38. The fourth-order valence-electron chi connectivity index (χ4n) is 4.50. The highest BCUT2D eigenvalue weighted by Gasteiger charge is 2.20. The van der Waals surface area contributed by atoms with E-state index in [2.05, 4.69) is 72.3 Å². The summed E-state index contributed by atoms with van der Waals surface area (Å²) in [6.45, 7) is 4.10. The van der Waals surface area contributed by atoms with E-state index in [1.54, 1.807) is 0 Å². The predicted molar refractivity (Wildman–Crippen MR) is 136 cm³/mol. The Bertz CT molecular complexity index is 1470. The van der Waals surface area contributed by atoms with Crippen LogP contribution >= 0.6 is 0 Å². The molecule has 0 unspecified atom stereocenters. The molecule has 1 aromatic carbocycles. The number of para-hydroxylation sites is 1. The second kappa shape index (κ2) is 8.11. The summed E-state index contributed by atoms with van der Waals surface area (Å²) < 4.78 is 0. The fraction of sp³-hybridized carbons (Fsp3) is 0.280. The number of aromatic amines is 2. The Kier molecular flexibility index (Phi) is 4.91. The van der Waals surface area contributed by atoms with Crippen LogP contribution in [0.4, 0.5) is 11.4 Å². The third kappa shape index (κ3) is 3.54. The summed E-state index contributed by atoms with van der Waals surface area (Å²) in [6, 6.07) is 10.5. The third-order valence-electron chi connectivity index (χ3n) is 6.54. The summed E-state index contributed by atoms with van der Waals surface area (Å²) in [6.07, 6.45) is 5.50. The van der Waals surface area contributed by atoms with E-state index in [0.29, 0.717) is 0 Å². The van der Waals surface area contributed by atoms with Gasteiger partial charge in [-0.3, -0.25) is 15.1 Å². The van der Waals surface area contributed by atoms with Gasteiger partial charge in [-0.1, -0.05) is 6.07 Å². The molecule has 0 amide bonds. The van der Waals surface area contributed by atoms with Crippen LogP contribution < -0.4 is 9.80 Å². The Hall–Kier alpha value is -3.98. The van der Waals surface area contributed by atoms with Gasteiger partial charge in [-0.15, -0.1) is 0 Å². The van der Waals surface area contributed by atoms with Crippen LogP contribution in [-0.4, -0.2) is 82.4 Å². The van der Waals surface area contributed by atoms with Crippen LogP contribution in [0.5, 0.6) is 0 Å². The molecule has 5 aromatic rings. The molecule has 9 nitrogen and oxygen atoms in total. The smallest absolute Gasteiger partial charge is 0.159 e. The highest BCUT2D eigenvalue weighted by atomic mass is 15.3. The molecule has 2 N–H and O–H groups in total. The number of H-pyrrole nitrogens is 2. The van der Waals surface area contributed by atoms with E-state index in [4.69, 9.17) is 4.98 Å². The van der Waals surface area contributed by atoms with E-state index in [-0.39, 0.29) is 0 Å². The molecule has 0 spiro atoms. The molecule has 1 fully saturated rings.